The Morgan fingerprint density at radius 2 is 2.00 bits per heavy atom. The van der Waals surface area contributed by atoms with E-state index < -0.39 is 61.0 Å². The molecule has 21 heavy (non-hydrogen) atoms. The molecule has 1 saturated heterocycles. The van der Waals surface area contributed by atoms with Crippen molar-refractivity contribution in [1.82, 2.24) is 5.32 Å². The number of hydrogen-bond acceptors (Lipinski definition) is 7. The van der Waals surface area contributed by atoms with Crippen molar-refractivity contribution in [2.45, 2.75) is 50.4 Å². The molecule has 122 valence electrons. The fraction of sp³-hybridized carbons (Fsp3) is 0.833. The maximum atomic E-state index is 11.2. The standard InChI is InChI=1S/C12H21NO8/c1-5-7(13-6(2)15)3-12(20,11(18)19)21-10(5)9(17)8(16)4-14/h5,7-10,14,16-17,20H,3-4H2,1-2H3,(H,13,15)(H,18,19)/t5-,7?,8-,9-,10?,12+/m1/s1. The van der Waals surface area contributed by atoms with Gasteiger partial charge in [0.15, 0.2) is 0 Å². The Morgan fingerprint density at radius 1 is 1.43 bits per heavy atom. The Labute approximate surface area is 121 Å². The van der Waals surface area contributed by atoms with Crippen LogP contribution in [0.1, 0.15) is 20.3 Å². The summed E-state index contributed by atoms with van der Waals surface area (Å²) in [6, 6.07) is -0.775. The summed E-state index contributed by atoms with van der Waals surface area (Å²) in [5, 5.41) is 49.8. The van der Waals surface area contributed by atoms with Crippen molar-refractivity contribution < 1.29 is 39.9 Å². The largest absolute Gasteiger partial charge is 0.477 e. The number of carboxylic acid groups (broad SMARTS) is 1. The number of carbonyl (C=O) groups is 2. The molecule has 1 fully saturated rings. The van der Waals surface area contributed by atoms with Gasteiger partial charge in [-0.3, -0.25) is 4.79 Å². The van der Waals surface area contributed by atoms with Gasteiger partial charge in [0.2, 0.25) is 5.91 Å². The van der Waals surface area contributed by atoms with Crippen molar-refractivity contribution in [2.75, 3.05) is 6.61 Å². The Morgan fingerprint density at radius 3 is 2.43 bits per heavy atom. The van der Waals surface area contributed by atoms with Gasteiger partial charge in [0, 0.05) is 25.3 Å². The van der Waals surface area contributed by atoms with Gasteiger partial charge in [0.1, 0.15) is 12.2 Å². The number of nitrogens with one attached hydrogen (secondary N) is 1. The molecule has 0 spiro atoms. The van der Waals surface area contributed by atoms with Crippen LogP contribution in [0.15, 0.2) is 0 Å². The molecule has 0 saturated carbocycles. The molecule has 9 heteroatoms. The predicted molar refractivity (Wildman–Crippen MR) is 67.9 cm³/mol. The Hall–Kier alpha value is -1.26. The lowest BCUT2D eigenvalue weighted by Crippen LogP contribution is -2.63. The van der Waals surface area contributed by atoms with Gasteiger partial charge < -0.3 is 35.6 Å². The van der Waals surface area contributed by atoms with Gasteiger partial charge in [-0.15, -0.1) is 0 Å². The molecule has 1 aliphatic rings. The second-order valence-corrected chi connectivity index (χ2v) is 5.28. The highest BCUT2D eigenvalue weighted by Crippen LogP contribution is 2.33. The number of aliphatic hydroxyl groups is 4. The third kappa shape index (κ3) is 3.89. The highest BCUT2D eigenvalue weighted by Gasteiger charge is 2.52. The number of hydrogen-bond donors (Lipinski definition) is 6. The maximum absolute atomic E-state index is 11.2. The molecule has 2 unspecified atom stereocenters. The van der Waals surface area contributed by atoms with Crippen LogP contribution < -0.4 is 5.32 Å². The van der Waals surface area contributed by atoms with Crippen LogP contribution in [0, 0.1) is 5.92 Å². The van der Waals surface area contributed by atoms with E-state index in [1.807, 2.05) is 0 Å². The molecule has 9 nitrogen and oxygen atoms in total. The van der Waals surface area contributed by atoms with E-state index in [1.165, 1.54) is 6.92 Å². The Kier molecular flexibility index (Phi) is 5.65. The van der Waals surface area contributed by atoms with Crippen LogP contribution in [0.25, 0.3) is 0 Å². The molecule has 0 radical (unpaired) electrons. The third-order valence-electron chi connectivity index (χ3n) is 3.62. The predicted octanol–water partition coefficient (Wildman–Crippen LogP) is -2.60. The first kappa shape index (κ1) is 17.8. The van der Waals surface area contributed by atoms with Crippen LogP contribution in [0.4, 0.5) is 0 Å². The summed E-state index contributed by atoms with van der Waals surface area (Å²) in [5.74, 6) is -5.29. The summed E-state index contributed by atoms with van der Waals surface area (Å²) >= 11 is 0. The van der Waals surface area contributed by atoms with Gasteiger partial charge in [0.05, 0.1) is 12.7 Å². The fourth-order valence-corrected chi connectivity index (χ4v) is 2.38. The van der Waals surface area contributed by atoms with E-state index in [0.717, 1.165) is 0 Å². The zero-order chi connectivity index (χ0) is 16.4. The molecule has 0 aliphatic carbocycles. The molecule has 1 heterocycles. The lowest BCUT2D eigenvalue weighted by molar-refractivity contribution is -0.289. The average molecular weight is 307 g/mol. The first-order valence-corrected chi connectivity index (χ1v) is 6.50. The molecule has 0 bridgehead atoms. The lowest BCUT2D eigenvalue weighted by atomic mass is 9.83. The van der Waals surface area contributed by atoms with E-state index in [9.17, 15) is 24.9 Å². The number of ether oxygens (including phenoxy) is 1. The highest BCUT2D eigenvalue weighted by molar-refractivity contribution is 5.76. The van der Waals surface area contributed by atoms with Crippen LogP contribution in [0.5, 0.6) is 0 Å². The van der Waals surface area contributed by atoms with Crippen LogP contribution in [0.3, 0.4) is 0 Å². The fourth-order valence-electron chi connectivity index (χ4n) is 2.38. The molecule has 0 aromatic carbocycles. The van der Waals surface area contributed by atoms with E-state index in [1.54, 1.807) is 6.92 Å². The first-order chi connectivity index (χ1) is 9.62. The summed E-state index contributed by atoms with van der Waals surface area (Å²) in [4.78, 5) is 22.3. The van der Waals surface area contributed by atoms with Gasteiger partial charge in [-0.1, -0.05) is 6.92 Å². The van der Waals surface area contributed by atoms with E-state index in [-0.39, 0.29) is 0 Å². The van der Waals surface area contributed by atoms with Gasteiger partial charge in [-0.25, -0.2) is 4.79 Å². The quantitative estimate of drug-likeness (QED) is 0.323. The van der Waals surface area contributed by atoms with Gasteiger partial charge in [0.25, 0.3) is 5.79 Å². The molecule has 1 amide bonds. The summed E-state index contributed by atoms with van der Waals surface area (Å²) in [6.45, 7) is 2.04. The van der Waals surface area contributed by atoms with Gasteiger partial charge in [-0.05, 0) is 0 Å². The first-order valence-electron chi connectivity index (χ1n) is 6.50. The Balaban J connectivity index is 3.05. The third-order valence-corrected chi connectivity index (χ3v) is 3.62. The van der Waals surface area contributed by atoms with Crippen molar-refractivity contribution in [2.24, 2.45) is 5.92 Å². The minimum absolute atomic E-state index is 0.401. The monoisotopic (exact) mass is 307 g/mol. The zero-order valence-electron chi connectivity index (χ0n) is 11.8. The normalized spacial score (nSPS) is 35.8. The minimum Gasteiger partial charge on any atom is -0.477 e. The summed E-state index contributed by atoms with van der Waals surface area (Å²) < 4.78 is 5.03. The molecule has 0 aromatic rings. The smallest absolute Gasteiger partial charge is 0.364 e. The van der Waals surface area contributed by atoms with Crippen LogP contribution in [0.2, 0.25) is 0 Å². The maximum Gasteiger partial charge on any atom is 0.364 e. The van der Waals surface area contributed by atoms with Crippen molar-refractivity contribution in [3.8, 4) is 0 Å². The number of aliphatic hydroxyl groups excluding tert-OH is 3. The highest BCUT2D eigenvalue weighted by atomic mass is 16.7. The molecule has 6 atom stereocenters. The van der Waals surface area contributed by atoms with E-state index in [2.05, 4.69) is 5.32 Å². The topological polar surface area (TPSA) is 157 Å². The SMILES string of the molecule is CC(=O)NC1C[C@@](O)(C(=O)O)OC([C@H](O)[C@H](O)CO)[C@@H]1C. The molecule has 0 aromatic heterocycles. The van der Waals surface area contributed by atoms with Crippen LogP contribution in [-0.2, 0) is 14.3 Å². The summed E-state index contributed by atoms with van der Waals surface area (Å²) in [5.41, 5.74) is 0. The average Bonchev–Trinajstić information content (AvgIpc) is 2.40. The number of carbonyl (C=O) groups excluding carboxylic acids is 1. The van der Waals surface area contributed by atoms with Crippen molar-refractivity contribution in [1.29, 1.82) is 0 Å². The number of rotatable bonds is 5. The minimum atomic E-state index is -2.60. The molecular formula is C12H21NO8. The number of amides is 1. The van der Waals surface area contributed by atoms with E-state index >= 15 is 0 Å². The molecular weight excluding hydrogens is 286 g/mol. The van der Waals surface area contributed by atoms with Crippen molar-refractivity contribution in [3.05, 3.63) is 0 Å². The second kappa shape index (κ2) is 6.67. The van der Waals surface area contributed by atoms with Crippen LogP contribution in [-0.4, -0.2) is 74.2 Å². The van der Waals surface area contributed by atoms with E-state index in [4.69, 9.17) is 14.9 Å². The number of aliphatic carboxylic acids is 1. The van der Waals surface area contributed by atoms with Crippen molar-refractivity contribution >= 4 is 11.9 Å². The van der Waals surface area contributed by atoms with Crippen LogP contribution >= 0.6 is 0 Å². The molecule has 6 N–H and O–H groups in total. The van der Waals surface area contributed by atoms with Crippen molar-refractivity contribution in [3.63, 3.8) is 0 Å². The zero-order valence-corrected chi connectivity index (χ0v) is 11.8. The Bertz CT molecular complexity index is 403. The van der Waals surface area contributed by atoms with Gasteiger partial charge >= 0.3 is 5.97 Å². The van der Waals surface area contributed by atoms with E-state index in [0.29, 0.717) is 0 Å². The second-order valence-electron chi connectivity index (χ2n) is 5.28. The summed E-state index contributed by atoms with van der Waals surface area (Å²) in [7, 11) is 0. The molecule has 1 rings (SSSR count). The summed E-state index contributed by atoms with van der Waals surface area (Å²) in [6.07, 6.45) is -4.86. The van der Waals surface area contributed by atoms with Gasteiger partial charge in [-0.2, -0.15) is 0 Å². The lowest BCUT2D eigenvalue weighted by Gasteiger charge is -2.45. The molecule has 1 aliphatic heterocycles. The number of carboxylic acids is 1.